The Balaban J connectivity index is 2.48. The molecule has 0 aliphatic heterocycles. The highest BCUT2D eigenvalue weighted by molar-refractivity contribution is 6.03. The number of hydrogen-bond acceptors (Lipinski definition) is 3. The molecule has 0 atom stereocenters. The molecule has 4 heteroatoms. The summed E-state index contributed by atoms with van der Waals surface area (Å²) in [7, 11) is 0. The van der Waals surface area contributed by atoms with Crippen LogP contribution in [-0.2, 0) is 14.4 Å². The van der Waals surface area contributed by atoms with Crippen molar-refractivity contribution in [2.24, 2.45) is 5.41 Å². The van der Waals surface area contributed by atoms with Gasteiger partial charge in [-0.15, -0.1) is 0 Å². The average Bonchev–Trinajstić information content (AvgIpc) is 2.39. The van der Waals surface area contributed by atoms with E-state index >= 15 is 0 Å². The Morgan fingerprint density at radius 2 is 1.68 bits per heavy atom. The quantitative estimate of drug-likeness (QED) is 0.817. The fourth-order valence-corrected chi connectivity index (χ4v) is 1.87. The van der Waals surface area contributed by atoms with Crippen molar-refractivity contribution in [3.63, 3.8) is 0 Å². The molecular formula is C18H25NO3. The van der Waals surface area contributed by atoms with Crippen LogP contribution in [0.2, 0.25) is 0 Å². The first-order valence-corrected chi connectivity index (χ1v) is 7.51. The van der Waals surface area contributed by atoms with Gasteiger partial charge in [0.05, 0.1) is 6.42 Å². The van der Waals surface area contributed by atoms with Gasteiger partial charge in [-0.25, -0.2) is 0 Å². The SMILES string of the molecule is Cc1ccc(C)c(NC(=O)CCC(=O)CC(=O)C(C)(C)C)c1. The lowest BCUT2D eigenvalue weighted by Gasteiger charge is -2.15. The molecule has 1 aromatic carbocycles. The van der Waals surface area contributed by atoms with E-state index in [0.29, 0.717) is 0 Å². The van der Waals surface area contributed by atoms with Gasteiger partial charge < -0.3 is 5.32 Å². The predicted octanol–water partition coefficient (Wildman–Crippen LogP) is 3.60. The fraction of sp³-hybridized carbons (Fsp3) is 0.500. The molecule has 1 aromatic rings. The third-order valence-corrected chi connectivity index (χ3v) is 3.49. The second-order valence-corrected chi connectivity index (χ2v) is 6.76. The lowest BCUT2D eigenvalue weighted by atomic mass is 9.87. The number of rotatable bonds is 6. The highest BCUT2D eigenvalue weighted by atomic mass is 16.2. The van der Waals surface area contributed by atoms with Gasteiger partial charge in [-0.1, -0.05) is 32.9 Å². The minimum atomic E-state index is -0.517. The van der Waals surface area contributed by atoms with Crippen LogP contribution >= 0.6 is 0 Å². The van der Waals surface area contributed by atoms with E-state index in [1.807, 2.05) is 32.0 Å². The van der Waals surface area contributed by atoms with Gasteiger partial charge in [-0.05, 0) is 31.0 Å². The summed E-state index contributed by atoms with van der Waals surface area (Å²) in [4.78, 5) is 35.5. The third kappa shape index (κ3) is 5.80. The fourth-order valence-electron chi connectivity index (χ4n) is 1.87. The zero-order chi connectivity index (χ0) is 16.9. The molecule has 4 nitrogen and oxygen atoms in total. The lowest BCUT2D eigenvalue weighted by molar-refractivity contribution is -0.132. The van der Waals surface area contributed by atoms with Crippen molar-refractivity contribution in [3.8, 4) is 0 Å². The molecule has 1 N–H and O–H groups in total. The molecule has 0 radical (unpaired) electrons. The number of carbonyl (C=O) groups is 3. The Morgan fingerprint density at radius 1 is 1.05 bits per heavy atom. The van der Waals surface area contributed by atoms with Crippen LogP contribution in [0.5, 0.6) is 0 Å². The number of benzene rings is 1. The van der Waals surface area contributed by atoms with Crippen molar-refractivity contribution in [2.45, 2.75) is 53.9 Å². The van der Waals surface area contributed by atoms with E-state index in [4.69, 9.17) is 0 Å². The van der Waals surface area contributed by atoms with Crippen molar-refractivity contribution < 1.29 is 14.4 Å². The van der Waals surface area contributed by atoms with E-state index in [-0.39, 0.29) is 36.7 Å². The zero-order valence-corrected chi connectivity index (χ0v) is 14.1. The minimum absolute atomic E-state index is 0.0903. The number of ketones is 2. The maximum Gasteiger partial charge on any atom is 0.224 e. The Bertz CT molecular complexity index is 582. The van der Waals surface area contributed by atoms with E-state index in [9.17, 15) is 14.4 Å². The number of amides is 1. The van der Waals surface area contributed by atoms with Gasteiger partial charge in [0.1, 0.15) is 11.6 Å². The zero-order valence-electron chi connectivity index (χ0n) is 14.1. The van der Waals surface area contributed by atoms with Crippen LogP contribution in [0.3, 0.4) is 0 Å². The normalized spacial score (nSPS) is 11.1. The Labute approximate surface area is 132 Å². The molecule has 1 amide bonds. The largest absolute Gasteiger partial charge is 0.326 e. The summed E-state index contributed by atoms with van der Waals surface area (Å²) in [5.74, 6) is -0.478. The maximum absolute atomic E-state index is 11.9. The summed E-state index contributed by atoms with van der Waals surface area (Å²) < 4.78 is 0. The van der Waals surface area contributed by atoms with Crippen LogP contribution in [0.1, 0.15) is 51.2 Å². The first-order valence-electron chi connectivity index (χ1n) is 7.51. The van der Waals surface area contributed by atoms with Gasteiger partial charge >= 0.3 is 0 Å². The topological polar surface area (TPSA) is 63.2 Å². The van der Waals surface area contributed by atoms with Gasteiger partial charge in [-0.2, -0.15) is 0 Å². The molecule has 0 unspecified atom stereocenters. The van der Waals surface area contributed by atoms with E-state index in [2.05, 4.69) is 5.32 Å². The summed E-state index contributed by atoms with van der Waals surface area (Å²) in [6.07, 6.45) is 0.0996. The van der Waals surface area contributed by atoms with E-state index in [1.54, 1.807) is 20.8 Å². The summed E-state index contributed by atoms with van der Waals surface area (Å²) >= 11 is 0. The second-order valence-electron chi connectivity index (χ2n) is 6.76. The van der Waals surface area contributed by atoms with Crippen LogP contribution in [0.4, 0.5) is 5.69 Å². The van der Waals surface area contributed by atoms with Crippen molar-refractivity contribution in [1.82, 2.24) is 0 Å². The van der Waals surface area contributed by atoms with Gasteiger partial charge in [0.15, 0.2) is 0 Å². The number of carbonyl (C=O) groups excluding carboxylic acids is 3. The molecule has 0 heterocycles. The molecule has 1 rings (SSSR count). The van der Waals surface area contributed by atoms with Crippen molar-refractivity contribution >= 4 is 23.2 Å². The number of anilines is 1. The van der Waals surface area contributed by atoms with E-state index in [0.717, 1.165) is 16.8 Å². The number of Topliss-reactive ketones (excluding diaryl/α,β-unsaturated/α-hetero) is 2. The average molecular weight is 303 g/mol. The molecule has 0 aliphatic rings. The van der Waals surface area contributed by atoms with Crippen LogP contribution in [0.15, 0.2) is 18.2 Å². The summed E-state index contributed by atoms with van der Waals surface area (Å²) in [5, 5.41) is 2.81. The van der Waals surface area contributed by atoms with Gasteiger partial charge in [-0.3, -0.25) is 14.4 Å². The first-order chi connectivity index (χ1) is 10.1. The number of nitrogens with one attached hydrogen (secondary N) is 1. The Morgan fingerprint density at radius 3 is 2.27 bits per heavy atom. The summed E-state index contributed by atoms with van der Waals surface area (Å²) in [6, 6.07) is 5.82. The van der Waals surface area contributed by atoms with Gasteiger partial charge in [0.2, 0.25) is 5.91 Å². The van der Waals surface area contributed by atoms with Crippen LogP contribution in [-0.4, -0.2) is 17.5 Å². The highest BCUT2D eigenvalue weighted by Crippen LogP contribution is 2.18. The van der Waals surface area contributed by atoms with Gasteiger partial charge in [0.25, 0.3) is 0 Å². The minimum Gasteiger partial charge on any atom is -0.326 e. The second kappa shape index (κ2) is 7.34. The maximum atomic E-state index is 11.9. The summed E-state index contributed by atoms with van der Waals surface area (Å²) in [5.41, 5.74) is 2.29. The number of aryl methyl sites for hydroxylation is 2. The third-order valence-electron chi connectivity index (χ3n) is 3.49. The molecule has 0 bridgehead atoms. The predicted molar refractivity (Wildman–Crippen MR) is 87.9 cm³/mol. The number of hydrogen-bond donors (Lipinski definition) is 1. The van der Waals surface area contributed by atoms with Gasteiger partial charge in [0, 0.05) is 23.9 Å². The van der Waals surface area contributed by atoms with Crippen molar-refractivity contribution in [2.75, 3.05) is 5.32 Å². The molecule has 120 valence electrons. The van der Waals surface area contributed by atoms with Crippen molar-refractivity contribution in [3.05, 3.63) is 29.3 Å². The smallest absolute Gasteiger partial charge is 0.224 e. The van der Waals surface area contributed by atoms with Crippen LogP contribution < -0.4 is 5.32 Å². The molecule has 0 fully saturated rings. The van der Waals surface area contributed by atoms with Crippen molar-refractivity contribution in [1.29, 1.82) is 0 Å². The molecule has 0 saturated carbocycles. The van der Waals surface area contributed by atoms with E-state index < -0.39 is 5.41 Å². The Hall–Kier alpha value is -1.97. The molecule has 0 spiro atoms. The Kier molecular flexibility index (Phi) is 6.03. The standard InChI is InChI=1S/C18H25NO3/c1-12-6-7-13(2)15(10-12)19-17(22)9-8-14(20)11-16(21)18(3,4)5/h6-7,10H,8-9,11H2,1-5H3,(H,19,22). The molecule has 0 saturated heterocycles. The summed E-state index contributed by atoms with van der Waals surface area (Å²) in [6.45, 7) is 9.24. The first kappa shape index (κ1) is 18.1. The molecule has 0 aliphatic carbocycles. The monoisotopic (exact) mass is 303 g/mol. The van der Waals surface area contributed by atoms with E-state index in [1.165, 1.54) is 0 Å². The molecule has 0 aromatic heterocycles. The van der Waals surface area contributed by atoms with Crippen LogP contribution in [0.25, 0.3) is 0 Å². The molecular weight excluding hydrogens is 278 g/mol. The van der Waals surface area contributed by atoms with Crippen LogP contribution in [0, 0.1) is 19.3 Å². The highest BCUT2D eigenvalue weighted by Gasteiger charge is 2.23. The molecule has 22 heavy (non-hydrogen) atoms. The lowest BCUT2D eigenvalue weighted by Crippen LogP contribution is -2.23.